The first-order valence-electron chi connectivity index (χ1n) is 11.8. The Labute approximate surface area is 192 Å². The minimum absolute atomic E-state index is 0.0228. The number of primary amides is 1. The van der Waals surface area contributed by atoms with Gasteiger partial charge in [-0.15, -0.1) is 0 Å². The van der Waals surface area contributed by atoms with E-state index in [0.29, 0.717) is 24.6 Å². The van der Waals surface area contributed by atoms with Crippen LogP contribution >= 0.6 is 0 Å². The standard InChI is InChI=1S/C24H28N6O3/c25-9-15-6-14-7-20(14)29(15)23(32)18(26)11-28-10-16-8-21(28)24(33)30(16)19-4-2-12-5-13(22(27)31)1-3-17(12)19/h1,3,5,14-16,18-21H,2,4,6-8,10-11,26H2,(H2,27,31)/t14?,15-,16-,18-,19-,20-,21-/m0/s1. The topological polar surface area (TPSA) is 137 Å². The first-order chi connectivity index (χ1) is 15.9. The average molecular weight is 449 g/mol. The third-order valence-electron chi connectivity index (χ3n) is 8.38. The Hall–Kier alpha value is -2.96. The normalized spacial score (nSPS) is 34.8. The van der Waals surface area contributed by atoms with E-state index in [2.05, 4.69) is 11.0 Å². The lowest BCUT2D eigenvalue weighted by Gasteiger charge is -2.38. The van der Waals surface area contributed by atoms with E-state index in [0.717, 1.165) is 43.2 Å². The largest absolute Gasteiger partial charge is 0.366 e. The summed E-state index contributed by atoms with van der Waals surface area (Å²) in [6.07, 6.45) is 4.15. The number of aryl methyl sites for hydroxylation is 1. The maximum atomic E-state index is 13.3. The SMILES string of the molecule is N#C[C@@H]1CC2C[C@@H]2N1C(=O)[C@@H](N)CN1C[C@@H]2C[C@H]1C(=O)N2[C@H]1CCc2cc(C(N)=O)ccc21. The van der Waals surface area contributed by atoms with Gasteiger partial charge < -0.3 is 21.3 Å². The Kier molecular flexibility index (Phi) is 4.55. The molecule has 172 valence electrons. The maximum absolute atomic E-state index is 13.3. The molecule has 1 aromatic carbocycles. The zero-order chi connectivity index (χ0) is 23.0. The van der Waals surface area contributed by atoms with E-state index in [1.54, 1.807) is 11.0 Å². The molecule has 7 atom stereocenters. The Morgan fingerprint density at radius 1 is 1.21 bits per heavy atom. The maximum Gasteiger partial charge on any atom is 0.248 e. The van der Waals surface area contributed by atoms with Crippen molar-refractivity contribution >= 4 is 17.7 Å². The van der Waals surface area contributed by atoms with E-state index >= 15 is 0 Å². The van der Waals surface area contributed by atoms with Crippen LogP contribution in [0.25, 0.3) is 0 Å². The Morgan fingerprint density at radius 2 is 2.03 bits per heavy atom. The second-order valence-electron chi connectivity index (χ2n) is 10.2. The Balaban J connectivity index is 1.13. The van der Waals surface area contributed by atoms with Crippen LogP contribution in [0.3, 0.4) is 0 Å². The van der Waals surface area contributed by atoms with Crippen molar-refractivity contribution in [1.29, 1.82) is 5.26 Å². The van der Waals surface area contributed by atoms with Gasteiger partial charge in [-0.05, 0) is 61.3 Å². The molecule has 4 N–H and O–H groups in total. The van der Waals surface area contributed by atoms with E-state index in [4.69, 9.17) is 11.5 Å². The molecule has 9 nitrogen and oxygen atoms in total. The number of hydrogen-bond donors (Lipinski definition) is 2. The fourth-order valence-electron chi connectivity index (χ4n) is 6.75. The summed E-state index contributed by atoms with van der Waals surface area (Å²) in [4.78, 5) is 43.6. The number of carbonyl (C=O) groups is 3. The smallest absolute Gasteiger partial charge is 0.248 e. The van der Waals surface area contributed by atoms with Gasteiger partial charge in [-0.1, -0.05) is 6.07 Å². The van der Waals surface area contributed by atoms with Gasteiger partial charge >= 0.3 is 0 Å². The zero-order valence-electron chi connectivity index (χ0n) is 18.4. The van der Waals surface area contributed by atoms with Crippen molar-refractivity contribution in [2.75, 3.05) is 13.1 Å². The van der Waals surface area contributed by atoms with Gasteiger partial charge in [-0.3, -0.25) is 19.3 Å². The molecule has 2 bridgehead atoms. The van der Waals surface area contributed by atoms with Crippen LogP contribution in [0.2, 0.25) is 0 Å². The number of likely N-dealkylation sites (tertiary alicyclic amines) is 3. The number of nitrogens with two attached hydrogens (primary N) is 2. The van der Waals surface area contributed by atoms with Crippen LogP contribution in [-0.4, -0.2) is 75.7 Å². The first-order valence-corrected chi connectivity index (χ1v) is 11.8. The van der Waals surface area contributed by atoms with Gasteiger partial charge in [0.2, 0.25) is 17.7 Å². The summed E-state index contributed by atoms with van der Waals surface area (Å²) in [5.74, 6) is -0.0435. The highest BCUT2D eigenvalue weighted by Crippen LogP contribution is 2.48. The summed E-state index contributed by atoms with van der Waals surface area (Å²) in [5, 5.41) is 9.39. The number of benzene rings is 1. The van der Waals surface area contributed by atoms with Crippen LogP contribution in [0, 0.1) is 17.2 Å². The van der Waals surface area contributed by atoms with Crippen molar-refractivity contribution in [2.24, 2.45) is 17.4 Å². The molecule has 1 unspecified atom stereocenters. The molecule has 0 aromatic heterocycles. The summed E-state index contributed by atoms with van der Waals surface area (Å²) in [5.41, 5.74) is 14.4. The number of fused-ring (bicyclic) bond motifs is 4. The van der Waals surface area contributed by atoms with Crippen LogP contribution in [0.5, 0.6) is 0 Å². The van der Waals surface area contributed by atoms with Crippen molar-refractivity contribution in [3.8, 4) is 6.07 Å². The minimum atomic E-state index is -0.722. The number of carbonyl (C=O) groups excluding carboxylic acids is 3. The van der Waals surface area contributed by atoms with Gasteiger partial charge in [-0.25, -0.2) is 0 Å². The summed E-state index contributed by atoms with van der Waals surface area (Å²) in [7, 11) is 0. The molecular weight excluding hydrogens is 420 g/mol. The lowest BCUT2D eigenvalue weighted by Crippen LogP contribution is -2.57. The Morgan fingerprint density at radius 3 is 2.76 bits per heavy atom. The van der Waals surface area contributed by atoms with Crippen molar-refractivity contribution in [1.82, 2.24) is 14.7 Å². The molecule has 5 aliphatic rings. The fraction of sp³-hybridized carbons (Fsp3) is 0.583. The fourth-order valence-corrected chi connectivity index (χ4v) is 6.75. The monoisotopic (exact) mass is 448 g/mol. The number of piperazine rings is 1. The molecule has 3 amide bonds. The van der Waals surface area contributed by atoms with E-state index < -0.39 is 11.9 Å². The summed E-state index contributed by atoms with van der Waals surface area (Å²) in [6, 6.07) is 6.74. The van der Waals surface area contributed by atoms with Gasteiger partial charge in [-0.2, -0.15) is 5.26 Å². The molecule has 3 aliphatic heterocycles. The van der Waals surface area contributed by atoms with Crippen LogP contribution in [0.4, 0.5) is 0 Å². The second kappa shape index (κ2) is 7.27. The quantitative estimate of drug-likeness (QED) is 0.645. The third-order valence-corrected chi connectivity index (χ3v) is 8.38. The minimum Gasteiger partial charge on any atom is -0.366 e. The predicted octanol–water partition coefficient (Wildman–Crippen LogP) is -0.102. The molecule has 4 fully saturated rings. The summed E-state index contributed by atoms with van der Waals surface area (Å²) < 4.78 is 0. The predicted molar refractivity (Wildman–Crippen MR) is 117 cm³/mol. The van der Waals surface area contributed by atoms with Gasteiger partial charge in [0, 0.05) is 30.7 Å². The Bertz CT molecular complexity index is 1100. The van der Waals surface area contributed by atoms with Gasteiger partial charge in [0.1, 0.15) is 6.04 Å². The molecule has 2 aliphatic carbocycles. The second-order valence-corrected chi connectivity index (χ2v) is 10.2. The number of nitrogens with zero attached hydrogens (tertiary/aromatic N) is 4. The van der Waals surface area contributed by atoms with Crippen molar-refractivity contribution < 1.29 is 14.4 Å². The van der Waals surface area contributed by atoms with E-state index in [-0.39, 0.29) is 42.0 Å². The molecule has 33 heavy (non-hydrogen) atoms. The molecule has 6 rings (SSSR count). The van der Waals surface area contributed by atoms with Gasteiger partial charge in [0.15, 0.2) is 0 Å². The molecule has 3 heterocycles. The highest BCUT2D eigenvalue weighted by atomic mass is 16.2. The highest BCUT2D eigenvalue weighted by molar-refractivity contribution is 5.93. The number of hydrogen-bond acceptors (Lipinski definition) is 6. The van der Waals surface area contributed by atoms with Gasteiger partial charge in [0.25, 0.3) is 0 Å². The number of amides is 3. The lowest BCUT2D eigenvalue weighted by atomic mass is 10.0. The highest BCUT2D eigenvalue weighted by Gasteiger charge is 2.56. The van der Waals surface area contributed by atoms with Crippen LogP contribution in [-0.2, 0) is 16.0 Å². The summed E-state index contributed by atoms with van der Waals surface area (Å²) >= 11 is 0. The van der Waals surface area contributed by atoms with Gasteiger partial charge in [0.05, 0.1) is 24.2 Å². The van der Waals surface area contributed by atoms with Crippen molar-refractivity contribution in [3.05, 3.63) is 34.9 Å². The number of rotatable bonds is 5. The molecule has 1 aromatic rings. The third kappa shape index (κ3) is 3.08. The number of piperidine rings is 1. The van der Waals surface area contributed by atoms with E-state index in [9.17, 15) is 19.6 Å². The van der Waals surface area contributed by atoms with Crippen LogP contribution in [0.1, 0.15) is 53.2 Å². The van der Waals surface area contributed by atoms with Crippen molar-refractivity contribution in [2.45, 2.75) is 68.4 Å². The van der Waals surface area contributed by atoms with E-state index in [1.165, 1.54) is 0 Å². The van der Waals surface area contributed by atoms with Crippen LogP contribution < -0.4 is 11.5 Å². The molecule has 0 spiro atoms. The first kappa shape index (κ1) is 20.6. The zero-order valence-corrected chi connectivity index (χ0v) is 18.4. The summed E-state index contributed by atoms with van der Waals surface area (Å²) in [6.45, 7) is 1.05. The molecule has 9 heteroatoms. The lowest BCUT2D eigenvalue weighted by molar-refractivity contribution is -0.141. The number of nitriles is 1. The molecular formula is C24H28N6O3. The molecule has 1 saturated carbocycles. The van der Waals surface area contributed by atoms with Crippen molar-refractivity contribution in [3.63, 3.8) is 0 Å². The molecule has 3 saturated heterocycles. The van der Waals surface area contributed by atoms with E-state index in [1.807, 2.05) is 17.0 Å². The van der Waals surface area contributed by atoms with Crippen LogP contribution in [0.15, 0.2) is 18.2 Å². The molecule has 0 radical (unpaired) electrons. The average Bonchev–Trinajstić information content (AvgIpc) is 3.15.